The highest BCUT2D eigenvalue weighted by atomic mass is 32.1. The van der Waals surface area contributed by atoms with Gasteiger partial charge in [0.2, 0.25) is 5.82 Å². The standard InChI is InChI=1S/C11H14FN3O4S/c12-7-4-15(11(20)14-10(7)17)8-2-1-6(19-8)5-18-9(16)3-13/h4,6,8H,1-3,5,13H2,(H,14,17,20)/t6-,8+/m0/s1. The third-order valence-electron chi connectivity index (χ3n) is 2.92. The second-order valence-corrected chi connectivity index (χ2v) is 4.71. The summed E-state index contributed by atoms with van der Waals surface area (Å²) in [4.78, 5) is 24.2. The lowest BCUT2D eigenvalue weighted by atomic mass is 10.2. The fraction of sp³-hybridized carbons (Fsp3) is 0.545. The minimum atomic E-state index is -0.930. The minimum Gasteiger partial charge on any atom is -0.462 e. The highest BCUT2D eigenvalue weighted by Gasteiger charge is 2.28. The van der Waals surface area contributed by atoms with Crippen molar-refractivity contribution in [3.63, 3.8) is 0 Å². The van der Waals surface area contributed by atoms with Crippen molar-refractivity contribution in [3.05, 3.63) is 27.1 Å². The third kappa shape index (κ3) is 3.30. The van der Waals surface area contributed by atoms with Crippen molar-refractivity contribution in [2.45, 2.75) is 25.2 Å². The summed E-state index contributed by atoms with van der Waals surface area (Å²) in [7, 11) is 0. The van der Waals surface area contributed by atoms with Gasteiger partial charge in [-0.25, -0.2) is 0 Å². The van der Waals surface area contributed by atoms with Gasteiger partial charge in [-0.2, -0.15) is 4.39 Å². The van der Waals surface area contributed by atoms with Gasteiger partial charge in [0.1, 0.15) is 12.8 Å². The smallest absolute Gasteiger partial charge is 0.319 e. The quantitative estimate of drug-likeness (QED) is 0.610. The van der Waals surface area contributed by atoms with E-state index in [2.05, 4.69) is 4.98 Å². The first-order chi connectivity index (χ1) is 9.51. The highest BCUT2D eigenvalue weighted by molar-refractivity contribution is 7.71. The molecule has 3 N–H and O–H groups in total. The molecule has 2 atom stereocenters. The molecule has 0 bridgehead atoms. The Labute approximate surface area is 118 Å². The van der Waals surface area contributed by atoms with Crippen LogP contribution in [0.4, 0.5) is 4.39 Å². The van der Waals surface area contributed by atoms with E-state index < -0.39 is 23.6 Å². The van der Waals surface area contributed by atoms with Crippen LogP contribution in [0.2, 0.25) is 0 Å². The molecule has 0 aliphatic carbocycles. The van der Waals surface area contributed by atoms with Gasteiger partial charge in [-0.1, -0.05) is 0 Å². The van der Waals surface area contributed by atoms with Gasteiger partial charge in [0.15, 0.2) is 4.77 Å². The van der Waals surface area contributed by atoms with Crippen LogP contribution in [-0.2, 0) is 14.3 Å². The van der Waals surface area contributed by atoms with Crippen molar-refractivity contribution in [2.24, 2.45) is 5.73 Å². The van der Waals surface area contributed by atoms with Crippen LogP contribution in [0.25, 0.3) is 0 Å². The van der Waals surface area contributed by atoms with Crippen molar-refractivity contribution >= 4 is 18.2 Å². The van der Waals surface area contributed by atoms with Gasteiger partial charge >= 0.3 is 5.97 Å². The number of hydrogen-bond acceptors (Lipinski definition) is 6. The molecule has 110 valence electrons. The molecule has 9 heteroatoms. The van der Waals surface area contributed by atoms with Crippen molar-refractivity contribution in [2.75, 3.05) is 13.2 Å². The average Bonchev–Trinajstić information content (AvgIpc) is 2.88. The molecule has 1 aromatic rings. The number of carbonyl (C=O) groups excluding carboxylic acids is 1. The summed E-state index contributed by atoms with van der Waals surface area (Å²) < 4.78 is 25.2. The predicted octanol–water partition coefficient (Wildman–Crippen LogP) is 0.224. The number of hydrogen-bond donors (Lipinski definition) is 2. The highest BCUT2D eigenvalue weighted by Crippen LogP contribution is 2.28. The Balaban J connectivity index is 2.03. The maximum absolute atomic E-state index is 13.3. The fourth-order valence-corrected chi connectivity index (χ4v) is 2.20. The molecule has 0 aromatic carbocycles. The molecular formula is C11H14FN3O4S. The van der Waals surface area contributed by atoms with Crippen LogP contribution >= 0.6 is 12.2 Å². The Kier molecular flexibility index (Phi) is 4.63. The number of nitrogens with two attached hydrogens (primary N) is 1. The second-order valence-electron chi connectivity index (χ2n) is 4.32. The van der Waals surface area contributed by atoms with Crippen molar-refractivity contribution in [3.8, 4) is 0 Å². The first-order valence-electron chi connectivity index (χ1n) is 6.03. The molecule has 0 amide bonds. The number of nitrogens with zero attached hydrogens (tertiary/aromatic N) is 1. The number of halogens is 1. The van der Waals surface area contributed by atoms with Gasteiger partial charge < -0.3 is 15.2 Å². The van der Waals surface area contributed by atoms with E-state index in [9.17, 15) is 14.0 Å². The van der Waals surface area contributed by atoms with E-state index in [0.717, 1.165) is 6.20 Å². The zero-order valence-electron chi connectivity index (χ0n) is 10.5. The van der Waals surface area contributed by atoms with Gasteiger partial charge in [0, 0.05) is 0 Å². The number of esters is 1. The summed E-state index contributed by atoms with van der Waals surface area (Å²) in [6.45, 7) is -0.0992. The lowest BCUT2D eigenvalue weighted by Gasteiger charge is -2.16. The number of aromatic nitrogens is 2. The third-order valence-corrected chi connectivity index (χ3v) is 3.23. The van der Waals surface area contributed by atoms with Gasteiger partial charge in [0.25, 0.3) is 5.56 Å². The second kappa shape index (κ2) is 6.25. The van der Waals surface area contributed by atoms with E-state index in [0.29, 0.717) is 12.8 Å². The molecule has 0 radical (unpaired) electrons. The molecule has 1 saturated heterocycles. The number of nitrogens with one attached hydrogen (secondary N) is 1. The number of ether oxygens (including phenoxy) is 2. The van der Waals surface area contributed by atoms with Gasteiger partial charge in [-0.05, 0) is 25.1 Å². The summed E-state index contributed by atoms with van der Waals surface area (Å²) in [5.74, 6) is -1.44. The van der Waals surface area contributed by atoms with Crippen LogP contribution in [0.1, 0.15) is 19.1 Å². The Morgan fingerprint density at radius 2 is 2.40 bits per heavy atom. The molecule has 1 aliphatic rings. The predicted molar refractivity (Wildman–Crippen MR) is 69.0 cm³/mol. The topological polar surface area (TPSA) is 99.3 Å². The Hall–Kier alpha value is -1.58. The lowest BCUT2D eigenvalue weighted by molar-refractivity contribution is -0.146. The van der Waals surface area contributed by atoms with E-state index in [4.69, 9.17) is 27.4 Å². The number of carbonyl (C=O) groups is 1. The Morgan fingerprint density at radius 3 is 3.10 bits per heavy atom. The first-order valence-corrected chi connectivity index (χ1v) is 6.44. The van der Waals surface area contributed by atoms with E-state index in [1.807, 2.05) is 0 Å². The summed E-state index contributed by atoms with van der Waals surface area (Å²) in [5.41, 5.74) is 4.25. The van der Waals surface area contributed by atoms with Crippen LogP contribution in [-0.4, -0.2) is 34.8 Å². The number of aromatic amines is 1. The normalized spacial score (nSPS) is 21.9. The van der Waals surface area contributed by atoms with Crippen molar-refractivity contribution in [1.29, 1.82) is 0 Å². The summed E-state index contributed by atoms with van der Waals surface area (Å²) >= 11 is 4.96. The Bertz CT molecular complexity index is 614. The molecular weight excluding hydrogens is 289 g/mol. The lowest BCUT2D eigenvalue weighted by Crippen LogP contribution is -2.24. The minimum absolute atomic E-state index is 0.0843. The molecule has 2 heterocycles. The molecule has 0 saturated carbocycles. The molecule has 20 heavy (non-hydrogen) atoms. The largest absolute Gasteiger partial charge is 0.462 e. The molecule has 7 nitrogen and oxygen atoms in total. The van der Waals surface area contributed by atoms with E-state index >= 15 is 0 Å². The maximum atomic E-state index is 13.3. The van der Waals surface area contributed by atoms with E-state index in [1.54, 1.807) is 0 Å². The van der Waals surface area contributed by atoms with Crippen molar-refractivity contribution in [1.82, 2.24) is 9.55 Å². The Morgan fingerprint density at radius 1 is 1.65 bits per heavy atom. The fourth-order valence-electron chi connectivity index (χ4n) is 1.93. The zero-order valence-corrected chi connectivity index (χ0v) is 11.3. The van der Waals surface area contributed by atoms with Crippen LogP contribution < -0.4 is 11.3 Å². The zero-order chi connectivity index (χ0) is 14.7. The maximum Gasteiger partial charge on any atom is 0.319 e. The van der Waals surface area contributed by atoms with E-state index in [1.165, 1.54) is 4.57 Å². The van der Waals surface area contributed by atoms with Gasteiger partial charge in [-0.3, -0.25) is 19.1 Å². The van der Waals surface area contributed by atoms with Gasteiger partial charge in [-0.15, -0.1) is 0 Å². The summed E-state index contributed by atoms with van der Waals surface area (Å²) in [6.07, 6.45) is 1.43. The van der Waals surface area contributed by atoms with Crippen LogP contribution in [0.3, 0.4) is 0 Å². The summed E-state index contributed by atoms with van der Waals surface area (Å²) in [6, 6.07) is 0. The van der Waals surface area contributed by atoms with Crippen molar-refractivity contribution < 1.29 is 18.7 Å². The number of H-pyrrole nitrogens is 1. The number of rotatable bonds is 4. The monoisotopic (exact) mass is 303 g/mol. The van der Waals surface area contributed by atoms with E-state index in [-0.39, 0.29) is 24.0 Å². The van der Waals surface area contributed by atoms with Crippen LogP contribution in [0.15, 0.2) is 11.0 Å². The molecule has 1 aromatic heterocycles. The molecule has 0 unspecified atom stereocenters. The average molecular weight is 303 g/mol. The summed E-state index contributed by atoms with van der Waals surface area (Å²) in [5, 5.41) is 0. The first kappa shape index (κ1) is 14.8. The molecule has 2 rings (SSSR count). The SMILES string of the molecule is NCC(=O)OC[C@@H]1CC[C@H](n2cc(F)c(=O)[nH]c2=S)O1. The molecule has 1 fully saturated rings. The molecule has 1 aliphatic heterocycles. The van der Waals surface area contributed by atoms with Crippen LogP contribution in [0, 0.1) is 10.6 Å². The van der Waals surface area contributed by atoms with Gasteiger partial charge in [0.05, 0.1) is 18.8 Å². The van der Waals surface area contributed by atoms with Crippen LogP contribution in [0.5, 0.6) is 0 Å². The molecule has 0 spiro atoms.